The van der Waals surface area contributed by atoms with Gasteiger partial charge in [0.15, 0.2) is 10.7 Å². The van der Waals surface area contributed by atoms with Crippen LogP contribution < -0.4 is 15.4 Å². The van der Waals surface area contributed by atoms with E-state index in [1.807, 2.05) is 48.7 Å². The monoisotopic (exact) mass is 498 g/mol. The second-order valence-corrected chi connectivity index (χ2v) is 9.45. The van der Waals surface area contributed by atoms with Gasteiger partial charge in [0.05, 0.1) is 25.4 Å². The fourth-order valence-corrected chi connectivity index (χ4v) is 4.81. The normalized spacial score (nSPS) is 21.6. The van der Waals surface area contributed by atoms with E-state index < -0.39 is 5.60 Å². The highest BCUT2D eigenvalue weighted by Gasteiger charge is 2.44. The summed E-state index contributed by atoms with van der Waals surface area (Å²) in [5.74, 6) is 0.0938. The number of ether oxygens (including phenoxy) is 2. The van der Waals surface area contributed by atoms with Gasteiger partial charge in [-0.05, 0) is 25.0 Å². The molecule has 1 spiro atoms. The predicted molar refractivity (Wildman–Crippen MR) is 132 cm³/mol. The number of anilines is 1. The lowest BCUT2D eigenvalue weighted by molar-refractivity contribution is -0.165. The molecule has 1 unspecified atom stereocenters. The first-order valence-electron chi connectivity index (χ1n) is 11.7. The second-order valence-electron chi connectivity index (χ2n) is 8.59. The number of aryl methyl sites for hydroxylation is 1. The number of fused-ring (bicyclic) bond motifs is 1. The van der Waals surface area contributed by atoms with Crippen molar-refractivity contribution < 1.29 is 23.9 Å². The van der Waals surface area contributed by atoms with Crippen molar-refractivity contribution in [1.82, 2.24) is 15.2 Å². The summed E-state index contributed by atoms with van der Waals surface area (Å²) in [6, 6.07) is 7.83. The number of benzene rings is 1. The van der Waals surface area contributed by atoms with Crippen LogP contribution in [0.5, 0.6) is 5.75 Å². The minimum atomic E-state index is -1.18. The third-order valence-corrected chi connectivity index (χ3v) is 6.83. The first-order chi connectivity index (χ1) is 16.9. The van der Waals surface area contributed by atoms with Crippen molar-refractivity contribution in [3.05, 3.63) is 53.1 Å². The summed E-state index contributed by atoms with van der Waals surface area (Å²) in [5, 5.41) is 7.99. The van der Waals surface area contributed by atoms with Crippen LogP contribution >= 0.6 is 11.3 Å². The molecule has 1 aromatic carbocycles. The molecule has 10 heteroatoms. The van der Waals surface area contributed by atoms with E-state index in [1.54, 1.807) is 4.90 Å². The van der Waals surface area contributed by atoms with Crippen LogP contribution in [0.1, 0.15) is 30.5 Å². The summed E-state index contributed by atoms with van der Waals surface area (Å²) in [7, 11) is 0. The summed E-state index contributed by atoms with van der Waals surface area (Å²) in [4.78, 5) is 44.1. The Morgan fingerprint density at radius 3 is 2.91 bits per heavy atom. The van der Waals surface area contributed by atoms with Crippen molar-refractivity contribution in [3.8, 4) is 5.75 Å². The summed E-state index contributed by atoms with van der Waals surface area (Å²) < 4.78 is 11.8. The molecule has 9 nitrogen and oxygen atoms in total. The Hall–Kier alpha value is -3.24. The molecule has 1 aromatic heterocycles. The molecule has 3 heterocycles. The highest BCUT2D eigenvalue weighted by Crippen LogP contribution is 2.26. The summed E-state index contributed by atoms with van der Waals surface area (Å²) in [5.41, 5.74) is 0.724. The van der Waals surface area contributed by atoms with Gasteiger partial charge in [0.2, 0.25) is 11.8 Å². The molecule has 1 fully saturated rings. The molecule has 2 N–H and O–H groups in total. The number of amides is 3. The first kappa shape index (κ1) is 24.9. The van der Waals surface area contributed by atoms with Gasteiger partial charge < -0.3 is 25.0 Å². The van der Waals surface area contributed by atoms with Crippen LogP contribution in [-0.4, -0.2) is 66.1 Å². The number of aromatic nitrogens is 1. The Balaban J connectivity index is 1.38. The Bertz CT molecular complexity index is 1100. The molecule has 0 bridgehead atoms. The zero-order valence-corrected chi connectivity index (χ0v) is 20.6. The molecule has 2 aromatic rings. The van der Waals surface area contributed by atoms with Gasteiger partial charge in [-0.15, -0.1) is 11.3 Å². The van der Waals surface area contributed by atoms with Gasteiger partial charge in [0.25, 0.3) is 5.91 Å². The third-order valence-electron chi connectivity index (χ3n) is 5.95. The van der Waals surface area contributed by atoms with E-state index in [1.165, 1.54) is 11.3 Å². The van der Waals surface area contributed by atoms with E-state index >= 15 is 0 Å². The molecule has 1 saturated heterocycles. The van der Waals surface area contributed by atoms with Crippen LogP contribution in [-0.2, 0) is 25.5 Å². The third kappa shape index (κ3) is 6.46. The standard InChI is InChI=1S/C25H30N4O5S/c1-18-16-35-24(27-18)28-21(30)9-10-22(31)29-13-15-34-25(17-29)11-5-4-7-19-6-2-3-8-20(19)33-14-12-26-23(25)32/h2-6,8,16H,7,9-15,17H2,1H3,(H,26,32)(H,27,28,30)/b5-4+. The molecule has 0 radical (unpaired) electrons. The van der Waals surface area contributed by atoms with E-state index in [4.69, 9.17) is 9.47 Å². The fourth-order valence-electron chi connectivity index (χ4n) is 4.11. The van der Waals surface area contributed by atoms with Crippen LogP contribution in [0.25, 0.3) is 0 Å². The summed E-state index contributed by atoms with van der Waals surface area (Å²) in [6.45, 7) is 3.26. The molecule has 186 valence electrons. The maximum Gasteiger partial charge on any atom is 0.254 e. The van der Waals surface area contributed by atoms with Crippen LogP contribution in [0.2, 0.25) is 0 Å². The molecular weight excluding hydrogens is 468 g/mol. The lowest BCUT2D eigenvalue weighted by Gasteiger charge is -2.41. The van der Waals surface area contributed by atoms with Crippen molar-refractivity contribution in [3.63, 3.8) is 0 Å². The van der Waals surface area contributed by atoms with Crippen molar-refractivity contribution in [1.29, 1.82) is 0 Å². The van der Waals surface area contributed by atoms with E-state index in [0.717, 1.165) is 17.0 Å². The average Bonchev–Trinajstić information content (AvgIpc) is 3.27. The number of thiazole rings is 1. The summed E-state index contributed by atoms with van der Waals surface area (Å²) in [6.07, 6.45) is 5.03. The van der Waals surface area contributed by atoms with E-state index in [-0.39, 0.29) is 43.7 Å². The highest BCUT2D eigenvalue weighted by atomic mass is 32.1. The van der Waals surface area contributed by atoms with E-state index in [9.17, 15) is 14.4 Å². The fraction of sp³-hybridized carbons (Fsp3) is 0.440. The number of nitrogens with zero attached hydrogens (tertiary/aromatic N) is 2. The zero-order valence-electron chi connectivity index (χ0n) is 19.7. The Labute approximate surface area is 208 Å². The van der Waals surface area contributed by atoms with Crippen molar-refractivity contribution in [2.45, 2.75) is 38.2 Å². The van der Waals surface area contributed by atoms with Crippen LogP contribution in [0.4, 0.5) is 5.13 Å². The molecule has 4 rings (SSSR count). The second kappa shape index (κ2) is 11.5. The maximum atomic E-state index is 13.2. The maximum absolute atomic E-state index is 13.2. The average molecular weight is 499 g/mol. The van der Waals surface area contributed by atoms with Crippen molar-refractivity contribution in [2.24, 2.45) is 0 Å². The number of carbonyl (C=O) groups excluding carboxylic acids is 3. The van der Waals surface area contributed by atoms with Crippen molar-refractivity contribution >= 4 is 34.2 Å². The molecule has 1 atom stereocenters. The molecule has 2 aliphatic rings. The van der Waals surface area contributed by atoms with Crippen LogP contribution in [0.3, 0.4) is 0 Å². The topological polar surface area (TPSA) is 110 Å². The highest BCUT2D eigenvalue weighted by molar-refractivity contribution is 7.13. The lowest BCUT2D eigenvalue weighted by atomic mass is 9.94. The van der Waals surface area contributed by atoms with E-state index in [2.05, 4.69) is 15.6 Å². The number of morpholine rings is 1. The first-order valence-corrected chi connectivity index (χ1v) is 12.6. The smallest absolute Gasteiger partial charge is 0.254 e. The number of para-hydroxylation sites is 1. The number of carbonyl (C=O) groups is 3. The minimum absolute atomic E-state index is 0.0463. The molecule has 2 aliphatic heterocycles. The summed E-state index contributed by atoms with van der Waals surface area (Å²) >= 11 is 1.35. The quantitative estimate of drug-likeness (QED) is 0.627. The molecular formula is C25H30N4O5S. The van der Waals surface area contributed by atoms with Crippen LogP contribution in [0, 0.1) is 6.92 Å². The van der Waals surface area contributed by atoms with Gasteiger partial charge >= 0.3 is 0 Å². The SMILES string of the molecule is Cc1csc(NC(=O)CCC(=O)N2CCOC3(C/C=C/Cc4ccccc4OCCNC3=O)C2)n1. The van der Waals surface area contributed by atoms with Gasteiger partial charge in [0, 0.05) is 31.2 Å². The number of allylic oxidation sites excluding steroid dienone is 1. The van der Waals surface area contributed by atoms with E-state index in [0.29, 0.717) is 37.7 Å². The van der Waals surface area contributed by atoms with Gasteiger partial charge in [-0.25, -0.2) is 4.98 Å². The molecule has 3 amide bonds. The number of rotatable bonds is 4. The predicted octanol–water partition coefficient (Wildman–Crippen LogP) is 2.47. The van der Waals surface area contributed by atoms with Crippen molar-refractivity contribution in [2.75, 3.05) is 38.2 Å². The molecule has 0 saturated carbocycles. The Morgan fingerprint density at radius 2 is 2.09 bits per heavy atom. The minimum Gasteiger partial charge on any atom is -0.491 e. The molecule has 35 heavy (non-hydrogen) atoms. The Morgan fingerprint density at radius 1 is 1.23 bits per heavy atom. The number of hydrogen-bond acceptors (Lipinski definition) is 7. The number of nitrogens with one attached hydrogen (secondary N) is 2. The van der Waals surface area contributed by atoms with Gasteiger partial charge in [-0.3, -0.25) is 14.4 Å². The molecule has 0 aliphatic carbocycles. The lowest BCUT2D eigenvalue weighted by Crippen LogP contribution is -2.61. The number of hydrogen-bond donors (Lipinski definition) is 2. The zero-order chi connectivity index (χ0) is 24.7. The largest absolute Gasteiger partial charge is 0.491 e. The van der Waals surface area contributed by atoms with Gasteiger partial charge in [0.1, 0.15) is 12.4 Å². The van der Waals surface area contributed by atoms with Gasteiger partial charge in [-0.2, -0.15) is 0 Å². The Kier molecular flexibility index (Phi) is 8.14. The van der Waals surface area contributed by atoms with Gasteiger partial charge in [-0.1, -0.05) is 30.4 Å². The van der Waals surface area contributed by atoms with Crippen LogP contribution in [0.15, 0.2) is 41.8 Å².